The lowest BCUT2D eigenvalue weighted by molar-refractivity contribution is -0.192. The molecule has 3 rings (SSSR count). The summed E-state index contributed by atoms with van der Waals surface area (Å²) in [5.74, 6) is -2.51. The molecule has 0 amide bonds. The largest absolute Gasteiger partial charge is 0.490 e. The number of alkyl halides is 3. The van der Waals surface area contributed by atoms with Crippen LogP contribution in [-0.2, 0) is 26.1 Å². The number of carboxylic acid groups (broad SMARTS) is 1. The van der Waals surface area contributed by atoms with Gasteiger partial charge in [-0.25, -0.2) is 18.2 Å². The third-order valence-electron chi connectivity index (χ3n) is 4.91. The predicted octanol–water partition coefficient (Wildman–Crippen LogP) is 1.57. The highest BCUT2D eigenvalue weighted by molar-refractivity contribution is 7.88. The van der Waals surface area contributed by atoms with Crippen molar-refractivity contribution >= 4 is 27.3 Å². The van der Waals surface area contributed by atoms with E-state index in [1.807, 2.05) is 6.92 Å². The van der Waals surface area contributed by atoms with Crippen LogP contribution in [0.3, 0.4) is 0 Å². The molecule has 0 saturated carbocycles. The van der Waals surface area contributed by atoms with Crippen LogP contribution in [0, 0.1) is 12.8 Å². The summed E-state index contributed by atoms with van der Waals surface area (Å²) in [6.45, 7) is 4.97. The molecule has 166 valence electrons. The van der Waals surface area contributed by atoms with E-state index in [4.69, 9.17) is 14.6 Å². The minimum atomic E-state index is -5.08. The topological polar surface area (TPSA) is 100 Å². The highest BCUT2D eigenvalue weighted by Crippen LogP contribution is 2.34. The molecule has 0 aliphatic carbocycles. The van der Waals surface area contributed by atoms with E-state index in [0.717, 1.165) is 36.8 Å². The van der Waals surface area contributed by atoms with Crippen molar-refractivity contribution in [3.8, 4) is 0 Å². The Hall–Kier alpha value is -1.28. The summed E-state index contributed by atoms with van der Waals surface area (Å²) in [7, 11) is -1.44. The molecule has 0 bridgehead atoms. The summed E-state index contributed by atoms with van der Waals surface area (Å²) >= 11 is 1.65. The Balaban J connectivity index is 0.000000370. The molecule has 0 radical (unpaired) electrons. The minimum Gasteiger partial charge on any atom is -0.475 e. The Morgan fingerprint density at radius 1 is 1.41 bits per heavy atom. The lowest BCUT2D eigenvalue weighted by atomic mass is 9.91. The molecule has 3 heterocycles. The van der Waals surface area contributed by atoms with Crippen LogP contribution in [0.25, 0.3) is 0 Å². The Kier molecular flexibility index (Phi) is 7.65. The fourth-order valence-electron chi connectivity index (χ4n) is 3.74. The van der Waals surface area contributed by atoms with Gasteiger partial charge in [0.25, 0.3) is 0 Å². The molecule has 13 heteroatoms. The fraction of sp³-hybridized carbons (Fsp3) is 0.750. The first kappa shape index (κ1) is 24.0. The van der Waals surface area contributed by atoms with Crippen LogP contribution in [0.2, 0.25) is 0 Å². The molecular weight excluding hydrogens is 435 g/mol. The number of piperidine rings is 1. The smallest absolute Gasteiger partial charge is 0.475 e. The molecule has 29 heavy (non-hydrogen) atoms. The number of hydrogen-bond donors (Lipinski definition) is 1. The summed E-state index contributed by atoms with van der Waals surface area (Å²) in [4.78, 5) is 15.7. The van der Waals surface area contributed by atoms with E-state index in [-0.39, 0.29) is 18.1 Å². The van der Waals surface area contributed by atoms with Crippen molar-refractivity contribution < 1.29 is 36.2 Å². The van der Waals surface area contributed by atoms with Gasteiger partial charge in [-0.1, -0.05) is 0 Å². The molecule has 2 aliphatic heterocycles. The van der Waals surface area contributed by atoms with Crippen molar-refractivity contribution in [2.24, 2.45) is 5.92 Å². The summed E-state index contributed by atoms with van der Waals surface area (Å²) in [6.07, 6.45) is -2.86. The highest BCUT2D eigenvalue weighted by Gasteiger charge is 2.47. The minimum absolute atomic E-state index is 0.0217. The maximum absolute atomic E-state index is 12.0. The maximum atomic E-state index is 12.0. The Bertz CT molecular complexity index is 815. The predicted molar refractivity (Wildman–Crippen MR) is 100 cm³/mol. The molecular formula is C16H24F3N3O5S2. The number of fused-ring (bicyclic) bond motifs is 1. The second kappa shape index (κ2) is 9.25. The van der Waals surface area contributed by atoms with Gasteiger partial charge in [0, 0.05) is 50.6 Å². The van der Waals surface area contributed by atoms with Crippen LogP contribution in [-0.4, -0.2) is 85.0 Å². The molecule has 1 aromatic rings. The monoisotopic (exact) mass is 459 g/mol. The zero-order valence-electron chi connectivity index (χ0n) is 16.2. The second-order valence-electron chi connectivity index (χ2n) is 7.02. The highest BCUT2D eigenvalue weighted by atomic mass is 32.2. The Morgan fingerprint density at radius 3 is 2.48 bits per heavy atom. The van der Waals surface area contributed by atoms with E-state index in [1.54, 1.807) is 22.8 Å². The van der Waals surface area contributed by atoms with E-state index in [9.17, 15) is 21.6 Å². The normalized spacial score (nSPS) is 25.9. The molecule has 1 N–H and O–H groups in total. The van der Waals surface area contributed by atoms with Crippen molar-refractivity contribution in [1.29, 1.82) is 0 Å². The van der Waals surface area contributed by atoms with E-state index < -0.39 is 22.2 Å². The summed E-state index contributed by atoms with van der Waals surface area (Å²) in [6, 6.07) is 0.0217. The van der Waals surface area contributed by atoms with Gasteiger partial charge in [-0.3, -0.25) is 4.90 Å². The molecule has 2 saturated heterocycles. The number of carboxylic acids is 1. The van der Waals surface area contributed by atoms with Crippen LogP contribution in [0.5, 0.6) is 0 Å². The molecule has 8 nitrogen and oxygen atoms in total. The van der Waals surface area contributed by atoms with E-state index in [0.29, 0.717) is 6.54 Å². The lowest BCUT2D eigenvalue weighted by Gasteiger charge is -2.39. The van der Waals surface area contributed by atoms with Crippen LogP contribution >= 0.6 is 11.3 Å². The number of aromatic nitrogens is 1. The van der Waals surface area contributed by atoms with Crippen molar-refractivity contribution in [2.45, 2.75) is 38.2 Å². The van der Waals surface area contributed by atoms with Gasteiger partial charge in [-0.2, -0.15) is 17.5 Å². The molecule has 3 atom stereocenters. The first-order valence-corrected chi connectivity index (χ1v) is 11.5. The van der Waals surface area contributed by atoms with Crippen molar-refractivity contribution in [1.82, 2.24) is 14.2 Å². The van der Waals surface area contributed by atoms with Gasteiger partial charge in [-0.15, -0.1) is 11.3 Å². The number of ether oxygens (including phenoxy) is 1. The molecule has 0 aromatic carbocycles. The molecule has 0 spiro atoms. The van der Waals surface area contributed by atoms with E-state index >= 15 is 0 Å². The van der Waals surface area contributed by atoms with E-state index in [2.05, 4.69) is 15.3 Å². The number of carbonyl (C=O) groups is 1. The van der Waals surface area contributed by atoms with Gasteiger partial charge in [0.1, 0.15) is 0 Å². The number of methoxy groups -OCH3 is 1. The molecule has 2 aliphatic rings. The zero-order valence-corrected chi connectivity index (χ0v) is 17.9. The van der Waals surface area contributed by atoms with Gasteiger partial charge in [0.05, 0.1) is 23.1 Å². The molecule has 0 unspecified atom stereocenters. The number of thiazole rings is 1. The first-order chi connectivity index (χ1) is 13.3. The number of aryl methyl sites for hydroxylation is 1. The van der Waals surface area contributed by atoms with Crippen LogP contribution in [0.1, 0.15) is 17.1 Å². The van der Waals surface area contributed by atoms with Crippen LogP contribution < -0.4 is 0 Å². The van der Waals surface area contributed by atoms with Crippen LogP contribution in [0.15, 0.2) is 5.38 Å². The number of rotatable bonds is 4. The zero-order chi connectivity index (χ0) is 22.0. The van der Waals surface area contributed by atoms with Gasteiger partial charge >= 0.3 is 12.1 Å². The van der Waals surface area contributed by atoms with Crippen LogP contribution in [0.4, 0.5) is 13.2 Å². The average Bonchev–Trinajstić information content (AvgIpc) is 3.18. The number of halogens is 3. The van der Waals surface area contributed by atoms with Gasteiger partial charge in [-0.05, 0) is 13.3 Å². The Morgan fingerprint density at radius 2 is 2.03 bits per heavy atom. The summed E-state index contributed by atoms with van der Waals surface area (Å²) in [5.41, 5.74) is 1.07. The Labute approximate surface area is 171 Å². The SMILES string of the molecule is CO[C@@H]1CCN(S(C)(=O)=O)[C@@H]2CN(Cc3csc(C)n3)C[C@@H]21.O=C(O)C(F)(F)F. The first-order valence-electron chi connectivity index (χ1n) is 8.76. The standard InChI is InChI=1S/C14H23N3O3S2.C2HF3O2/c1-10-15-11(9-21-10)6-16-7-12-13(8-16)17(22(3,18)19)5-4-14(12)20-2;3-2(4,5)1(6)7/h9,12-14H,4-8H2,1-3H3;(H,6,7)/t12-,13+,14+;/m0./s1. The molecule has 1 aromatic heterocycles. The number of hydrogen-bond acceptors (Lipinski definition) is 7. The lowest BCUT2D eigenvalue weighted by Crippen LogP contribution is -2.53. The van der Waals surface area contributed by atoms with Gasteiger partial charge in [0.2, 0.25) is 10.0 Å². The third-order valence-corrected chi connectivity index (χ3v) is 7.04. The quantitative estimate of drug-likeness (QED) is 0.730. The number of likely N-dealkylation sites (tertiary alicyclic amines) is 1. The van der Waals surface area contributed by atoms with E-state index in [1.165, 1.54) is 6.26 Å². The van der Waals surface area contributed by atoms with Gasteiger partial charge < -0.3 is 9.84 Å². The van der Waals surface area contributed by atoms with Crippen molar-refractivity contribution in [3.05, 3.63) is 16.1 Å². The van der Waals surface area contributed by atoms with Crippen molar-refractivity contribution in [3.63, 3.8) is 0 Å². The third kappa shape index (κ3) is 6.35. The summed E-state index contributed by atoms with van der Waals surface area (Å²) < 4.78 is 63.1. The average molecular weight is 460 g/mol. The number of aliphatic carboxylic acids is 1. The van der Waals surface area contributed by atoms with Crippen molar-refractivity contribution in [2.75, 3.05) is 33.0 Å². The number of nitrogens with zero attached hydrogens (tertiary/aromatic N) is 3. The fourth-order valence-corrected chi connectivity index (χ4v) is 5.50. The number of sulfonamides is 1. The summed E-state index contributed by atoms with van der Waals surface area (Å²) in [5, 5.41) is 10.3. The maximum Gasteiger partial charge on any atom is 0.490 e. The van der Waals surface area contributed by atoms with Gasteiger partial charge in [0.15, 0.2) is 0 Å². The molecule has 2 fully saturated rings. The second-order valence-corrected chi connectivity index (χ2v) is 10.0.